The minimum Gasteiger partial charge on any atom is -0.457 e. The van der Waals surface area contributed by atoms with E-state index in [2.05, 4.69) is 0 Å². The lowest BCUT2D eigenvalue weighted by Crippen LogP contribution is -2.34. The summed E-state index contributed by atoms with van der Waals surface area (Å²) in [6.45, 7) is 1.67. The van der Waals surface area contributed by atoms with Crippen LogP contribution in [0.15, 0.2) is 46.9 Å². The van der Waals surface area contributed by atoms with Gasteiger partial charge in [0.15, 0.2) is 0 Å². The SMILES string of the molecule is O=C(/C=C/c1ccc(-c2ccc(F)cc2)o1)N1CCCCC1. The Balaban J connectivity index is 1.67. The molecule has 1 fully saturated rings. The van der Waals surface area contributed by atoms with Gasteiger partial charge in [-0.25, -0.2) is 4.39 Å². The zero-order chi connectivity index (χ0) is 15.4. The van der Waals surface area contributed by atoms with E-state index in [0.717, 1.165) is 31.5 Å². The summed E-state index contributed by atoms with van der Waals surface area (Å²) in [5, 5.41) is 0. The Morgan fingerprint density at radius 1 is 1.05 bits per heavy atom. The predicted octanol–water partition coefficient (Wildman–Crippen LogP) is 4.11. The third kappa shape index (κ3) is 3.45. The number of rotatable bonds is 3. The number of amides is 1. The second-order valence-electron chi connectivity index (χ2n) is 5.43. The average Bonchev–Trinajstić information content (AvgIpc) is 3.03. The highest BCUT2D eigenvalue weighted by molar-refractivity contribution is 5.91. The Labute approximate surface area is 129 Å². The molecule has 0 atom stereocenters. The number of carbonyl (C=O) groups is 1. The minimum absolute atomic E-state index is 0.0273. The molecule has 0 radical (unpaired) electrons. The van der Waals surface area contributed by atoms with Gasteiger partial charge in [0.1, 0.15) is 17.3 Å². The van der Waals surface area contributed by atoms with Crippen molar-refractivity contribution in [3.8, 4) is 11.3 Å². The molecule has 1 aromatic carbocycles. The number of nitrogens with zero attached hydrogens (tertiary/aromatic N) is 1. The number of carbonyl (C=O) groups excluding carboxylic acids is 1. The molecule has 4 heteroatoms. The van der Waals surface area contributed by atoms with Crippen molar-refractivity contribution in [1.82, 2.24) is 4.90 Å². The summed E-state index contributed by atoms with van der Waals surface area (Å²) in [5.74, 6) is 1.02. The van der Waals surface area contributed by atoms with Crippen LogP contribution in [0.1, 0.15) is 25.0 Å². The molecule has 1 aliphatic heterocycles. The topological polar surface area (TPSA) is 33.5 Å². The highest BCUT2D eigenvalue weighted by atomic mass is 19.1. The van der Waals surface area contributed by atoms with Crippen LogP contribution in [-0.2, 0) is 4.79 Å². The van der Waals surface area contributed by atoms with E-state index < -0.39 is 0 Å². The maximum atomic E-state index is 12.9. The normalized spacial score (nSPS) is 15.4. The molecular weight excluding hydrogens is 281 g/mol. The first-order chi connectivity index (χ1) is 10.7. The molecule has 0 unspecified atom stereocenters. The molecule has 2 heterocycles. The van der Waals surface area contributed by atoms with E-state index in [0.29, 0.717) is 11.5 Å². The van der Waals surface area contributed by atoms with Gasteiger partial charge in [0.25, 0.3) is 0 Å². The van der Waals surface area contributed by atoms with Crippen molar-refractivity contribution in [1.29, 1.82) is 0 Å². The molecule has 1 aromatic heterocycles. The van der Waals surface area contributed by atoms with Crippen LogP contribution in [0.25, 0.3) is 17.4 Å². The third-order valence-corrected chi connectivity index (χ3v) is 3.81. The average molecular weight is 299 g/mol. The lowest BCUT2D eigenvalue weighted by Gasteiger charge is -2.25. The Morgan fingerprint density at radius 2 is 1.77 bits per heavy atom. The van der Waals surface area contributed by atoms with Gasteiger partial charge in [-0.15, -0.1) is 0 Å². The summed E-state index contributed by atoms with van der Waals surface area (Å²) >= 11 is 0. The van der Waals surface area contributed by atoms with Crippen LogP contribution < -0.4 is 0 Å². The molecule has 2 aromatic rings. The van der Waals surface area contributed by atoms with Crippen LogP contribution in [-0.4, -0.2) is 23.9 Å². The van der Waals surface area contributed by atoms with Gasteiger partial charge in [-0.2, -0.15) is 0 Å². The van der Waals surface area contributed by atoms with Crippen molar-refractivity contribution in [2.24, 2.45) is 0 Å². The summed E-state index contributed by atoms with van der Waals surface area (Å²) < 4.78 is 18.6. The van der Waals surface area contributed by atoms with E-state index in [1.807, 2.05) is 11.0 Å². The van der Waals surface area contributed by atoms with E-state index >= 15 is 0 Å². The van der Waals surface area contributed by atoms with Crippen molar-refractivity contribution in [3.63, 3.8) is 0 Å². The maximum Gasteiger partial charge on any atom is 0.246 e. The first-order valence-corrected chi connectivity index (χ1v) is 7.55. The molecule has 0 bridgehead atoms. The van der Waals surface area contributed by atoms with Crippen LogP contribution in [0.2, 0.25) is 0 Å². The van der Waals surface area contributed by atoms with E-state index in [-0.39, 0.29) is 11.7 Å². The fourth-order valence-corrected chi connectivity index (χ4v) is 2.58. The Morgan fingerprint density at radius 3 is 2.50 bits per heavy atom. The molecule has 3 rings (SSSR count). The second kappa shape index (κ2) is 6.60. The Bertz CT molecular complexity index is 667. The molecule has 0 spiro atoms. The van der Waals surface area contributed by atoms with E-state index in [1.165, 1.54) is 18.6 Å². The standard InChI is InChI=1S/C18H18FNO2/c19-15-6-4-14(5-7-15)17-10-8-16(22-17)9-11-18(21)20-12-2-1-3-13-20/h4-11H,1-3,12-13H2/b11-9+. The lowest BCUT2D eigenvalue weighted by atomic mass is 10.1. The zero-order valence-corrected chi connectivity index (χ0v) is 12.3. The van der Waals surface area contributed by atoms with Gasteiger partial charge in [-0.1, -0.05) is 0 Å². The van der Waals surface area contributed by atoms with Gasteiger partial charge in [-0.3, -0.25) is 4.79 Å². The van der Waals surface area contributed by atoms with Crippen LogP contribution in [0.5, 0.6) is 0 Å². The Hall–Kier alpha value is -2.36. The number of benzene rings is 1. The molecule has 114 valence electrons. The number of hydrogen-bond donors (Lipinski definition) is 0. The van der Waals surface area contributed by atoms with E-state index in [9.17, 15) is 9.18 Å². The van der Waals surface area contributed by atoms with Crippen molar-refractivity contribution < 1.29 is 13.6 Å². The summed E-state index contributed by atoms with van der Waals surface area (Å²) in [6, 6.07) is 9.75. The van der Waals surface area contributed by atoms with Crippen LogP contribution in [0.3, 0.4) is 0 Å². The highest BCUT2D eigenvalue weighted by Gasteiger charge is 2.13. The van der Waals surface area contributed by atoms with Gasteiger partial charge in [-0.05, 0) is 61.7 Å². The fraction of sp³-hybridized carbons (Fsp3) is 0.278. The maximum absolute atomic E-state index is 12.9. The number of halogens is 1. The van der Waals surface area contributed by atoms with Crippen LogP contribution in [0, 0.1) is 5.82 Å². The van der Waals surface area contributed by atoms with Gasteiger partial charge < -0.3 is 9.32 Å². The molecule has 0 saturated carbocycles. The molecule has 3 nitrogen and oxygen atoms in total. The van der Waals surface area contributed by atoms with Crippen molar-refractivity contribution >= 4 is 12.0 Å². The lowest BCUT2D eigenvalue weighted by molar-refractivity contribution is -0.126. The van der Waals surface area contributed by atoms with Gasteiger partial charge >= 0.3 is 0 Å². The van der Waals surface area contributed by atoms with Gasteiger partial charge in [0.05, 0.1) is 0 Å². The monoisotopic (exact) mass is 299 g/mol. The largest absolute Gasteiger partial charge is 0.457 e. The van der Waals surface area contributed by atoms with Gasteiger partial charge in [0.2, 0.25) is 5.91 Å². The molecule has 0 N–H and O–H groups in total. The third-order valence-electron chi connectivity index (χ3n) is 3.81. The molecular formula is C18H18FNO2. The molecule has 22 heavy (non-hydrogen) atoms. The highest BCUT2D eigenvalue weighted by Crippen LogP contribution is 2.23. The molecule has 1 aliphatic rings. The van der Waals surface area contributed by atoms with Crippen molar-refractivity contribution in [2.75, 3.05) is 13.1 Å². The summed E-state index contributed by atoms with van der Waals surface area (Å²) in [6.07, 6.45) is 6.60. The van der Waals surface area contributed by atoms with Crippen LogP contribution in [0.4, 0.5) is 4.39 Å². The summed E-state index contributed by atoms with van der Waals surface area (Å²) in [5.41, 5.74) is 0.809. The van der Waals surface area contributed by atoms with Crippen LogP contribution >= 0.6 is 0 Å². The molecule has 0 aliphatic carbocycles. The Kier molecular flexibility index (Phi) is 4.37. The first-order valence-electron chi connectivity index (χ1n) is 7.55. The predicted molar refractivity (Wildman–Crippen MR) is 83.6 cm³/mol. The smallest absolute Gasteiger partial charge is 0.246 e. The molecule has 1 amide bonds. The number of hydrogen-bond acceptors (Lipinski definition) is 2. The fourth-order valence-electron chi connectivity index (χ4n) is 2.58. The van der Waals surface area contributed by atoms with E-state index in [4.69, 9.17) is 4.42 Å². The number of likely N-dealkylation sites (tertiary alicyclic amines) is 1. The number of piperidine rings is 1. The minimum atomic E-state index is -0.275. The molecule has 1 saturated heterocycles. The summed E-state index contributed by atoms with van der Waals surface area (Å²) in [7, 11) is 0. The van der Waals surface area contributed by atoms with Crippen molar-refractivity contribution in [2.45, 2.75) is 19.3 Å². The van der Waals surface area contributed by atoms with E-state index in [1.54, 1.807) is 30.4 Å². The summed E-state index contributed by atoms with van der Waals surface area (Å²) in [4.78, 5) is 13.9. The quantitative estimate of drug-likeness (QED) is 0.799. The zero-order valence-electron chi connectivity index (χ0n) is 12.3. The second-order valence-corrected chi connectivity index (χ2v) is 5.43. The van der Waals surface area contributed by atoms with Gasteiger partial charge in [0, 0.05) is 24.7 Å². The first kappa shape index (κ1) is 14.6. The number of furan rings is 1. The van der Waals surface area contributed by atoms with Crippen molar-refractivity contribution in [3.05, 3.63) is 54.1 Å².